The fraction of sp³-hybridized carbons (Fsp3) is 0.278. The number of benzene rings is 2. The number of carbonyl (C=O) groups excluding carboxylic acids is 1. The lowest BCUT2D eigenvalue weighted by Crippen LogP contribution is -2.40. The summed E-state index contributed by atoms with van der Waals surface area (Å²) in [5, 5.41) is 13.7. The predicted octanol–water partition coefficient (Wildman–Crippen LogP) is 2.42. The Hall–Kier alpha value is -2.69. The van der Waals surface area contributed by atoms with Crippen molar-refractivity contribution in [2.45, 2.75) is 24.8 Å². The highest BCUT2D eigenvalue weighted by molar-refractivity contribution is 7.89. The van der Waals surface area contributed by atoms with Crippen molar-refractivity contribution < 1.29 is 22.9 Å². The van der Waals surface area contributed by atoms with E-state index in [1.165, 1.54) is 18.2 Å². The quantitative estimate of drug-likeness (QED) is 0.349. The maximum absolute atomic E-state index is 12.2. The molecule has 2 aromatic carbocycles. The van der Waals surface area contributed by atoms with Gasteiger partial charge < -0.3 is 10.1 Å². The van der Waals surface area contributed by atoms with Gasteiger partial charge in [0, 0.05) is 25.2 Å². The van der Waals surface area contributed by atoms with Crippen LogP contribution in [0.1, 0.15) is 12.5 Å². The van der Waals surface area contributed by atoms with Crippen LogP contribution in [0, 0.1) is 17.0 Å². The molecule has 0 aliphatic rings. The van der Waals surface area contributed by atoms with Gasteiger partial charge in [-0.2, -0.15) is 0 Å². The summed E-state index contributed by atoms with van der Waals surface area (Å²) in [6, 6.07) is 9.87. The van der Waals surface area contributed by atoms with E-state index in [1.54, 1.807) is 19.1 Å². The Morgan fingerprint density at radius 3 is 2.66 bits per heavy atom. The van der Waals surface area contributed by atoms with Crippen LogP contribution >= 0.6 is 11.6 Å². The van der Waals surface area contributed by atoms with Crippen molar-refractivity contribution in [1.82, 2.24) is 10.0 Å². The lowest BCUT2D eigenvalue weighted by atomic mass is 10.2. The molecule has 29 heavy (non-hydrogen) atoms. The molecule has 156 valence electrons. The Kier molecular flexibility index (Phi) is 7.54. The van der Waals surface area contributed by atoms with Crippen molar-refractivity contribution in [2.75, 3.05) is 13.1 Å². The summed E-state index contributed by atoms with van der Waals surface area (Å²) in [5.74, 6) is -0.0715. The molecule has 2 N–H and O–H groups in total. The topological polar surface area (TPSA) is 128 Å². The zero-order valence-corrected chi connectivity index (χ0v) is 17.3. The molecular weight excluding hydrogens is 422 g/mol. The zero-order chi connectivity index (χ0) is 21.6. The van der Waals surface area contributed by atoms with Crippen LogP contribution in [-0.4, -0.2) is 38.4 Å². The molecule has 0 fully saturated rings. The maximum atomic E-state index is 12.2. The fourth-order valence-corrected chi connectivity index (χ4v) is 3.54. The average molecular weight is 442 g/mol. The summed E-state index contributed by atoms with van der Waals surface area (Å²) in [7, 11) is -3.95. The molecule has 0 spiro atoms. The van der Waals surface area contributed by atoms with Gasteiger partial charge in [0.2, 0.25) is 10.0 Å². The molecule has 2 rings (SSSR count). The Labute approximate surface area is 173 Å². The first kappa shape index (κ1) is 22.6. The number of rotatable bonds is 9. The number of sulfonamides is 1. The van der Waals surface area contributed by atoms with E-state index in [1.807, 2.05) is 13.0 Å². The molecule has 1 unspecified atom stereocenters. The summed E-state index contributed by atoms with van der Waals surface area (Å²) < 4.78 is 32.2. The second kappa shape index (κ2) is 9.68. The first-order valence-electron chi connectivity index (χ1n) is 8.55. The molecule has 2 aromatic rings. The van der Waals surface area contributed by atoms with E-state index >= 15 is 0 Å². The van der Waals surface area contributed by atoms with Gasteiger partial charge in [-0.25, -0.2) is 13.1 Å². The Morgan fingerprint density at radius 1 is 1.24 bits per heavy atom. The number of nitrogens with zero attached hydrogens (tertiary/aromatic N) is 1. The Morgan fingerprint density at radius 2 is 1.97 bits per heavy atom. The molecule has 0 aliphatic heterocycles. The van der Waals surface area contributed by atoms with Gasteiger partial charge >= 0.3 is 0 Å². The molecule has 0 heterocycles. The predicted molar refractivity (Wildman–Crippen MR) is 108 cm³/mol. The van der Waals surface area contributed by atoms with Crippen molar-refractivity contribution in [3.63, 3.8) is 0 Å². The third kappa shape index (κ3) is 6.41. The van der Waals surface area contributed by atoms with Gasteiger partial charge in [-0.15, -0.1) is 0 Å². The largest absolute Gasteiger partial charge is 0.479 e. The van der Waals surface area contributed by atoms with E-state index in [9.17, 15) is 23.3 Å². The summed E-state index contributed by atoms with van der Waals surface area (Å²) in [4.78, 5) is 22.0. The number of nitro benzene ring substituents is 1. The highest BCUT2D eigenvalue weighted by atomic mass is 35.5. The smallest absolute Gasteiger partial charge is 0.270 e. The van der Waals surface area contributed by atoms with Gasteiger partial charge in [0.25, 0.3) is 11.6 Å². The molecule has 0 aromatic heterocycles. The fourth-order valence-electron chi connectivity index (χ4n) is 2.31. The first-order chi connectivity index (χ1) is 13.6. The van der Waals surface area contributed by atoms with Gasteiger partial charge in [-0.1, -0.05) is 23.7 Å². The number of ether oxygens (including phenoxy) is 1. The van der Waals surface area contributed by atoms with Crippen molar-refractivity contribution in [1.29, 1.82) is 0 Å². The second-order valence-corrected chi connectivity index (χ2v) is 8.31. The SMILES string of the molecule is Cc1ccc(Cl)c(OC(C)C(=O)NCCNS(=O)(=O)c2cccc([N+](=O)[O-])c2)c1. The third-order valence-electron chi connectivity index (χ3n) is 3.81. The van der Waals surface area contributed by atoms with E-state index in [2.05, 4.69) is 10.0 Å². The van der Waals surface area contributed by atoms with Gasteiger partial charge in [0.1, 0.15) is 5.75 Å². The third-order valence-corrected chi connectivity index (χ3v) is 5.59. The Balaban J connectivity index is 1.86. The minimum Gasteiger partial charge on any atom is -0.479 e. The summed E-state index contributed by atoms with van der Waals surface area (Å²) in [6.45, 7) is 3.31. The van der Waals surface area contributed by atoms with E-state index in [4.69, 9.17) is 16.3 Å². The number of nitro groups is 1. The summed E-state index contributed by atoms with van der Waals surface area (Å²) >= 11 is 6.04. The molecule has 9 nitrogen and oxygen atoms in total. The van der Waals surface area contributed by atoms with Gasteiger partial charge in [0.05, 0.1) is 14.8 Å². The van der Waals surface area contributed by atoms with Crippen LogP contribution in [0.3, 0.4) is 0 Å². The lowest BCUT2D eigenvalue weighted by molar-refractivity contribution is -0.385. The van der Waals surface area contributed by atoms with Crippen LogP contribution in [-0.2, 0) is 14.8 Å². The van der Waals surface area contributed by atoms with Gasteiger partial charge in [-0.05, 0) is 37.6 Å². The van der Waals surface area contributed by atoms with E-state index in [-0.39, 0.29) is 23.7 Å². The maximum Gasteiger partial charge on any atom is 0.270 e. The number of carbonyl (C=O) groups is 1. The average Bonchev–Trinajstić information content (AvgIpc) is 2.68. The second-order valence-electron chi connectivity index (χ2n) is 6.14. The van der Waals surface area contributed by atoms with E-state index in [0.29, 0.717) is 10.8 Å². The van der Waals surface area contributed by atoms with Crippen molar-refractivity contribution in [3.05, 3.63) is 63.2 Å². The number of amides is 1. The zero-order valence-electron chi connectivity index (χ0n) is 15.7. The molecule has 11 heteroatoms. The number of aryl methyl sites for hydroxylation is 1. The number of hydrogen-bond donors (Lipinski definition) is 2. The molecule has 0 saturated carbocycles. The normalized spacial score (nSPS) is 12.2. The number of hydrogen-bond acceptors (Lipinski definition) is 6. The van der Waals surface area contributed by atoms with Crippen molar-refractivity contribution >= 4 is 33.2 Å². The van der Waals surface area contributed by atoms with Crippen LogP contribution in [0.25, 0.3) is 0 Å². The van der Waals surface area contributed by atoms with Crippen LogP contribution < -0.4 is 14.8 Å². The highest BCUT2D eigenvalue weighted by Crippen LogP contribution is 2.26. The first-order valence-corrected chi connectivity index (χ1v) is 10.4. The monoisotopic (exact) mass is 441 g/mol. The Bertz CT molecular complexity index is 1010. The summed E-state index contributed by atoms with van der Waals surface area (Å²) in [6.07, 6.45) is -0.845. The van der Waals surface area contributed by atoms with E-state index in [0.717, 1.165) is 11.6 Å². The van der Waals surface area contributed by atoms with Crippen LogP contribution in [0.2, 0.25) is 5.02 Å². The molecular formula is C18H20ClN3O6S. The molecule has 1 amide bonds. The minimum atomic E-state index is -3.95. The summed E-state index contributed by atoms with van der Waals surface area (Å²) in [5.41, 5.74) is 0.592. The standard InChI is InChI=1S/C18H20ClN3O6S/c1-12-6-7-16(19)17(10-12)28-13(2)18(23)20-8-9-21-29(26,27)15-5-3-4-14(11-15)22(24)25/h3-7,10-11,13,21H,8-9H2,1-2H3,(H,20,23). The minimum absolute atomic E-state index is 0.00222. The van der Waals surface area contributed by atoms with Gasteiger partial charge in [0.15, 0.2) is 6.10 Å². The molecule has 0 saturated heterocycles. The number of halogens is 1. The van der Waals surface area contributed by atoms with Crippen LogP contribution in [0.15, 0.2) is 47.4 Å². The van der Waals surface area contributed by atoms with Gasteiger partial charge in [-0.3, -0.25) is 14.9 Å². The molecule has 0 aliphatic carbocycles. The lowest BCUT2D eigenvalue weighted by Gasteiger charge is -2.16. The number of non-ortho nitro benzene ring substituents is 1. The van der Waals surface area contributed by atoms with Crippen LogP contribution in [0.4, 0.5) is 5.69 Å². The van der Waals surface area contributed by atoms with Crippen LogP contribution in [0.5, 0.6) is 5.75 Å². The molecule has 0 bridgehead atoms. The molecule has 1 atom stereocenters. The highest BCUT2D eigenvalue weighted by Gasteiger charge is 2.19. The van der Waals surface area contributed by atoms with E-state index < -0.39 is 27.0 Å². The van der Waals surface area contributed by atoms with Crippen molar-refractivity contribution in [2.24, 2.45) is 0 Å². The molecule has 0 radical (unpaired) electrons. The number of nitrogens with one attached hydrogen (secondary N) is 2. The van der Waals surface area contributed by atoms with Crippen molar-refractivity contribution in [3.8, 4) is 5.75 Å².